The summed E-state index contributed by atoms with van der Waals surface area (Å²) in [6.07, 6.45) is 0. The molecule has 0 amide bonds. The summed E-state index contributed by atoms with van der Waals surface area (Å²) in [4.78, 5) is 10.1. The Morgan fingerprint density at radius 2 is 0.571 bits per heavy atom. The average molecular weight is 405 g/mol. The topological polar surface area (TPSA) is 49.9 Å². The molecule has 0 aliphatic carbocycles. The van der Waals surface area contributed by atoms with Gasteiger partial charge in [0.15, 0.2) is 0 Å². The van der Waals surface area contributed by atoms with Crippen LogP contribution in [0.5, 0.6) is 0 Å². The van der Waals surface area contributed by atoms with E-state index in [1.807, 2.05) is 0 Å². The molecule has 1 aliphatic rings. The molecule has 28 heavy (non-hydrogen) atoms. The summed E-state index contributed by atoms with van der Waals surface area (Å²) in [5.41, 5.74) is 0. The minimum Gasteiger partial charge on any atom is -0.383 e. The zero-order chi connectivity index (χ0) is 20.5. The molecule has 1 heterocycles. The molecular formula is C20H44N4O4. The van der Waals surface area contributed by atoms with Crippen molar-refractivity contribution in [2.24, 2.45) is 0 Å². The summed E-state index contributed by atoms with van der Waals surface area (Å²) in [6, 6.07) is 0. The zero-order valence-corrected chi connectivity index (χ0v) is 18.7. The lowest BCUT2D eigenvalue weighted by Gasteiger charge is -2.34. The van der Waals surface area contributed by atoms with E-state index in [9.17, 15) is 0 Å². The van der Waals surface area contributed by atoms with Gasteiger partial charge >= 0.3 is 0 Å². The van der Waals surface area contributed by atoms with E-state index >= 15 is 0 Å². The Morgan fingerprint density at radius 1 is 0.393 bits per heavy atom. The van der Waals surface area contributed by atoms with E-state index in [0.717, 1.165) is 105 Å². The third kappa shape index (κ3) is 12.3. The highest BCUT2D eigenvalue weighted by Crippen LogP contribution is 2.01. The van der Waals surface area contributed by atoms with Crippen LogP contribution in [-0.2, 0) is 18.9 Å². The highest BCUT2D eigenvalue weighted by atomic mass is 16.5. The number of nitrogens with zero attached hydrogens (tertiary/aromatic N) is 4. The molecule has 1 saturated heterocycles. The number of rotatable bonds is 12. The van der Waals surface area contributed by atoms with E-state index in [2.05, 4.69) is 19.6 Å². The second kappa shape index (κ2) is 17.5. The maximum atomic E-state index is 5.32. The first-order chi connectivity index (χ1) is 13.7. The maximum absolute atomic E-state index is 5.32. The second-order valence-corrected chi connectivity index (χ2v) is 7.34. The molecule has 168 valence electrons. The highest BCUT2D eigenvalue weighted by molar-refractivity contribution is 4.72. The standard InChI is InChI=1S/C20H44N4O4/c1-25-17-13-21-5-7-22(14-18-26-2)9-11-24(16-20-28-4)12-10-23(8-6-21)15-19-27-3/h5-20H2,1-4H3. The van der Waals surface area contributed by atoms with Gasteiger partial charge in [0, 0.05) is 107 Å². The van der Waals surface area contributed by atoms with Crippen molar-refractivity contribution in [3.63, 3.8) is 0 Å². The minimum atomic E-state index is 0.779. The number of hydrogen-bond acceptors (Lipinski definition) is 8. The molecule has 1 aliphatic heterocycles. The van der Waals surface area contributed by atoms with E-state index in [-0.39, 0.29) is 0 Å². The van der Waals surface area contributed by atoms with Crippen LogP contribution in [0.25, 0.3) is 0 Å². The molecular weight excluding hydrogens is 360 g/mol. The zero-order valence-electron chi connectivity index (χ0n) is 18.7. The molecule has 1 rings (SSSR count). The van der Waals surface area contributed by atoms with Gasteiger partial charge in [0.05, 0.1) is 26.4 Å². The van der Waals surface area contributed by atoms with Crippen LogP contribution in [-0.4, -0.2) is 153 Å². The summed E-state index contributed by atoms with van der Waals surface area (Å²) >= 11 is 0. The predicted molar refractivity (Wildman–Crippen MR) is 113 cm³/mol. The summed E-state index contributed by atoms with van der Waals surface area (Å²) in [6.45, 7) is 15.5. The quantitative estimate of drug-likeness (QED) is 0.443. The van der Waals surface area contributed by atoms with Crippen LogP contribution in [0.3, 0.4) is 0 Å². The Morgan fingerprint density at radius 3 is 0.714 bits per heavy atom. The van der Waals surface area contributed by atoms with Crippen molar-refractivity contribution < 1.29 is 18.9 Å². The van der Waals surface area contributed by atoms with E-state index in [1.165, 1.54) is 0 Å². The van der Waals surface area contributed by atoms with Gasteiger partial charge in [-0.25, -0.2) is 0 Å². The van der Waals surface area contributed by atoms with E-state index in [0.29, 0.717) is 0 Å². The fraction of sp³-hybridized carbons (Fsp3) is 1.00. The van der Waals surface area contributed by atoms with E-state index in [4.69, 9.17) is 18.9 Å². The van der Waals surface area contributed by atoms with Gasteiger partial charge in [-0.05, 0) is 0 Å². The number of ether oxygens (including phenoxy) is 4. The van der Waals surface area contributed by atoms with Gasteiger partial charge in [-0.15, -0.1) is 0 Å². The largest absolute Gasteiger partial charge is 0.383 e. The Labute approximate surface area is 172 Å². The lowest BCUT2D eigenvalue weighted by Crippen LogP contribution is -2.48. The first-order valence-electron chi connectivity index (χ1n) is 10.6. The molecule has 0 aromatic heterocycles. The van der Waals surface area contributed by atoms with E-state index in [1.54, 1.807) is 28.4 Å². The van der Waals surface area contributed by atoms with Crippen LogP contribution in [0.2, 0.25) is 0 Å². The van der Waals surface area contributed by atoms with Crippen LogP contribution in [0.15, 0.2) is 0 Å². The summed E-state index contributed by atoms with van der Waals surface area (Å²) in [5, 5.41) is 0. The van der Waals surface area contributed by atoms with Gasteiger partial charge in [0.25, 0.3) is 0 Å². The maximum Gasteiger partial charge on any atom is 0.0589 e. The van der Waals surface area contributed by atoms with Crippen LogP contribution >= 0.6 is 0 Å². The van der Waals surface area contributed by atoms with Crippen LogP contribution in [0, 0.1) is 0 Å². The molecule has 0 aromatic carbocycles. The van der Waals surface area contributed by atoms with E-state index < -0.39 is 0 Å². The van der Waals surface area contributed by atoms with Gasteiger partial charge in [0.2, 0.25) is 0 Å². The lowest BCUT2D eigenvalue weighted by atomic mass is 10.3. The Bertz CT molecular complexity index is 272. The highest BCUT2D eigenvalue weighted by Gasteiger charge is 2.16. The third-order valence-corrected chi connectivity index (χ3v) is 5.38. The molecule has 8 nitrogen and oxygen atoms in total. The smallest absolute Gasteiger partial charge is 0.0589 e. The molecule has 0 N–H and O–H groups in total. The summed E-state index contributed by atoms with van der Waals surface area (Å²) in [7, 11) is 7.11. The van der Waals surface area contributed by atoms with Crippen molar-refractivity contribution in [2.75, 3.05) is 133 Å². The first kappa shape index (κ1) is 25.7. The van der Waals surface area contributed by atoms with Crippen molar-refractivity contribution in [3.8, 4) is 0 Å². The van der Waals surface area contributed by atoms with Gasteiger partial charge in [-0.3, -0.25) is 19.6 Å². The molecule has 0 radical (unpaired) electrons. The lowest BCUT2D eigenvalue weighted by molar-refractivity contribution is 0.0789. The van der Waals surface area contributed by atoms with Gasteiger partial charge in [0.1, 0.15) is 0 Å². The van der Waals surface area contributed by atoms with Crippen molar-refractivity contribution in [1.29, 1.82) is 0 Å². The van der Waals surface area contributed by atoms with Crippen molar-refractivity contribution in [1.82, 2.24) is 19.6 Å². The normalized spacial score (nSPS) is 20.1. The first-order valence-corrected chi connectivity index (χ1v) is 10.6. The summed E-state index contributed by atoms with van der Waals surface area (Å²) in [5.74, 6) is 0. The SMILES string of the molecule is COCCN1CCN(CCOC)CCN(CCOC)CCN(CCOC)CC1. The number of methoxy groups -OCH3 is 4. The molecule has 0 spiro atoms. The minimum absolute atomic E-state index is 0.779. The monoisotopic (exact) mass is 404 g/mol. The third-order valence-electron chi connectivity index (χ3n) is 5.38. The van der Waals surface area contributed by atoms with Crippen LogP contribution < -0.4 is 0 Å². The summed E-state index contributed by atoms with van der Waals surface area (Å²) < 4.78 is 21.3. The molecule has 8 heteroatoms. The van der Waals surface area contributed by atoms with Crippen molar-refractivity contribution in [2.45, 2.75) is 0 Å². The van der Waals surface area contributed by atoms with Crippen molar-refractivity contribution in [3.05, 3.63) is 0 Å². The van der Waals surface area contributed by atoms with Crippen LogP contribution in [0.1, 0.15) is 0 Å². The molecule has 0 atom stereocenters. The predicted octanol–water partition coefficient (Wildman–Crippen LogP) is -0.206. The number of hydrogen-bond donors (Lipinski definition) is 0. The Kier molecular flexibility index (Phi) is 16.1. The molecule has 1 fully saturated rings. The van der Waals surface area contributed by atoms with Gasteiger partial charge in [-0.1, -0.05) is 0 Å². The van der Waals surface area contributed by atoms with Gasteiger partial charge < -0.3 is 18.9 Å². The second-order valence-electron chi connectivity index (χ2n) is 7.34. The Hall–Kier alpha value is -0.320. The van der Waals surface area contributed by atoms with Gasteiger partial charge in [-0.2, -0.15) is 0 Å². The molecule has 0 aromatic rings. The Balaban J connectivity index is 2.73. The fourth-order valence-electron chi connectivity index (χ4n) is 3.35. The van der Waals surface area contributed by atoms with Crippen LogP contribution in [0.4, 0.5) is 0 Å². The molecule has 0 bridgehead atoms. The van der Waals surface area contributed by atoms with Crippen molar-refractivity contribution >= 4 is 0 Å². The molecule has 0 saturated carbocycles. The average Bonchev–Trinajstić information content (AvgIpc) is 2.71. The molecule has 0 unspecified atom stereocenters. The fourth-order valence-corrected chi connectivity index (χ4v) is 3.35.